The van der Waals surface area contributed by atoms with Crippen LogP contribution in [0.2, 0.25) is 0 Å². The van der Waals surface area contributed by atoms with Crippen molar-refractivity contribution in [3.63, 3.8) is 0 Å². The van der Waals surface area contributed by atoms with Crippen molar-refractivity contribution in [3.8, 4) is 27.9 Å². The number of fused-ring (bicyclic) bond motifs is 3. The third-order valence-corrected chi connectivity index (χ3v) is 13.2. The number of allylic oxidation sites excluding steroid dienone is 3. The van der Waals surface area contributed by atoms with Gasteiger partial charge in [0.05, 0.1) is 11.0 Å². The van der Waals surface area contributed by atoms with Crippen LogP contribution in [0.15, 0.2) is 200 Å². The van der Waals surface area contributed by atoms with Gasteiger partial charge in [-0.15, -0.1) is 0 Å². The van der Waals surface area contributed by atoms with E-state index >= 15 is 0 Å². The van der Waals surface area contributed by atoms with Gasteiger partial charge in [-0.05, 0) is 130 Å². The Labute approximate surface area is 363 Å². The highest BCUT2D eigenvalue weighted by Gasteiger charge is 2.31. The van der Waals surface area contributed by atoms with E-state index in [-0.39, 0.29) is 5.41 Å². The summed E-state index contributed by atoms with van der Waals surface area (Å²) in [5.74, 6) is 0.879. The second-order valence-corrected chi connectivity index (χ2v) is 18.9. The minimum Gasteiger partial charge on any atom is -0.311 e. The number of para-hydroxylation sites is 2. The SMILES string of the molecule is CCC(C)(C)CC(c1ccc(-c2ccc3c(c2)c2cc(-c4ccc(N(C5=CCC(c6ccccc6)C=C5)c5ccccc5)cc4)ccc2n3-c2ccccc2)cc1)C(C)(C)C. The fraction of sp³-hybridized carbons (Fsp3) is 0.220. The van der Waals surface area contributed by atoms with Gasteiger partial charge in [0.2, 0.25) is 0 Å². The monoisotopic (exact) mass is 794 g/mol. The van der Waals surface area contributed by atoms with Crippen LogP contribution in [0.1, 0.15) is 83.8 Å². The number of rotatable bonds is 11. The Bertz CT molecular complexity index is 2820. The van der Waals surface area contributed by atoms with E-state index in [9.17, 15) is 0 Å². The van der Waals surface area contributed by atoms with Crippen LogP contribution in [-0.4, -0.2) is 4.57 Å². The van der Waals surface area contributed by atoms with Crippen molar-refractivity contribution in [1.29, 1.82) is 0 Å². The number of anilines is 2. The highest BCUT2D eigenvalue weighted by molar-refractivity contribution is 6.11. The van der Waals surface area contributed by atoms with Gasteiger partial charge in [0.15, 0.2) is 0 Å². The van der Waals surface area contributed by atoms with Crippen LogP contribution in [0.4, 0.5) is 11.4 Å². The van der Waals surface area contributed by atoms with Crippen molar-refractivity contribution in [2.24, 2.45) is 10.8 Å². The zero-order valence-corrected chi connectivity index (χ0v) is 36.6. The molecule has 7 aromatic carbocycles. The fourth-order valence-corrected chi connectivity index (χ4v) is 9.32. The lowest BCUT2D eigenvalue weighted by molar-refractivity contribution is 0.209. The van der Waals surface area contributed by atoms with Crippen molar-refractivity contribution < 1.29 is 0 Å². The molecule has 2 unspecified atom stereocenters. The molecule has 0 aliphatic heterocycles. The van der Waals surface area contributed by atoms with Crippen molar-refractivity contribution >= 4 is 33.2 Å². The first-order valence-electron chi connectivity index (χ1n) is 22.2. The molecule has 1 aliphatic carbocycles. The molecule has 0 N–H and O–H groups in total. The topological polar surface area (TPSA) is 8.17 Å². The predicted octanol–water partition coefficient (Wildman–Crippen LogP) is 16.8. The number of aromatic nitrogens is 1. The first kappa shape index (κ1) is 40.0. The number of hydrogen-bond acceptors (Lipinski definition) is 1. The largest absolute Gasteiger partial charge is 0.311 e. The molecule has 304 valence electrons. The summed E-state index contributed by atoms with van der Waals surface area (Å²) in [5, 5.41) is 2.51. The van der Waals surface area contributed by atoms with Crippen molar-refractivity contribution in [2.45, 2.75) is 72.6 Å². The molecular formula is C59H58N2. The summed E-state index contributed by atoms with van der Waals surface area (Å²) >= 11 is 0. The Morgan fingerprint density at radius 1 is 0.574 bits per heavy atom. The smallest absolute Gasteiger partial charge is 0.0541 e. The van der Waals surface area contributed by atoms with E-state index in [1.807, 2.05) is 0 Å². The molecule has 1 aliphatic rings. The molecule has 0 saturated heterocycles. The maximum atomic E-state index is 2.42. The second kappa shape index (κ2) is 16.6. The molecule has 1 aromatic heterocycles. The molecule has 8 aromatic rings. The zero-order chi connectivity index (χ0) is 42.1. The minimum absolute atomic E-state index is 0.183. The van der Waals surface area contributed by atoms with E-state index in [4.69, 9.17) is 0 Å². The van der Waals surface area contributed by atoms with Crippen LogP contribution in [0.5, 0.6) is 0 Å². The van der Waals surface area contributed by atoms with Crippen molar-refractivity contribution in [3.05, 3.63) is 211 Å². The van der Waals surface area contributed by atoms with Crippen molar-refractivity contribution in [1.82, 2.24) is 4.57 Å². The quantitative estimate of drug-likeness (QED) is 0.127. The maximum Gasteiger partial charge on any atom is 0.0541 e. The highest BCUT2D eigenvalue weighted by atomic mass is 15.1. The highest BCUT2D eigenvalue weighted by Crippen LogP contribution is 2.45. The van der Waals surface area contributed by atoms with Gasteiger partial charge in [0.1, 0.15) is 0 Å². The van der Waals surface area contributed by atoms with Crippen molar-refractivity contribution in [2.75, 3.05) is 4.90 Å². The van der Waals surface area contributed by atoms with Crippen LogP contribution in [0.25, 0.3) is 49.7 Å². The van der Waals surface area contributed by atoms with Crippen LogP contribution in [0, 0.1) is 10.8 Å². The Kier molecular flexibility index (Phi) is 10.9. The third kappa shape index (κ3) is 8.25. The third-order valence-electron chi connectivity index (χ3n) is 13.2. The maximum absolute atomic E-state index is 2.42. The summed E-state index contributed by atoms with van der Waals surface area (Å²) in [6, 6.07) is 64.9. The second-order valence-electron chi connectivity index (χ2n) is 18.9. The van der Waals surface area contributed by atoms with Gasteiger partial charge in [-0.2, -0.15) is 0 Å². The van der Waals surface area contributed by atoms with Gasteiger partial charge in [0, 0.05) is 39.4 Å². The van der Waals surface area contributed by atoms with Gasteiger partial charge < -0.3 is 9.47 Å². The first-order chi connectivity index (χ1) is 29.6. The average molecular weight is 795 g/mol. The molecule has 61 heavy (non-hydrogen) atoms. The molecule has 9 rings (SSSR count). The summed E-state index contributed by atoms with van der Waals surface area (Å²) in [7, 11) is 0. The summed E-state index contributed by atoms with van der Waals surface area (Å²) in [4.78, 5) is 2.38. The molecular weight excluding hydrogens is 737 g/mol. The van der Waals surface area contributed by atoms with Crippen LogP contribution < -0.4 is 4.90 Å². The first-order valence-corrected chi connectivity index (χ1v) is 22.2. The van der Waals surface area contributed by atoms with Gasteiger partial charge in [-0.25, -0.2) is 0 Å². The molecule has 0 radical (unpaired) electrons. The molecule has 0 bridgehead atoms. The molecule has 2 atom stereocenters. The minimum atomic E-state index is 0.183. The van der Waals surface area contributed by atoms with E-state index in [0.29, 0.717) is 17.3 Å². The molecule has 0 saturated carbocycles. The normalized spacial score (nSPS) is 14.9. The van der Waals surface area contributed by atoms with E-state index in [0.717, 1.165) is 17.8 Å². The predicted molar refractivity (Wildman–Crippen MR) is 262 cm³/mol. The number of benzene rings is 7. The molecule has 2 nitrogen and oxygen atoms in total. The van der Waals surface area contributed by atoms with Crippen LogP contribution in [-0.2, 0) is 0 Å². The van der Waals surface area contributed by atoms with Crippen LogP contribution in [0.3, 0.4) is 0 Å². The lowest BCUT2D eigenvalue weighted by Gasteiger charge is -2.37. The Balaban J connectivity index is 1.07. The van der Waals surface area contributed by atoms with Gasteiger partial charge in [0.25, 0.3) is 0 Å². The van der Waals surface area contributed by atoms with E-state index in [1.54, 1.807) is 0 Å². The lowest BCUT2D eigenvalue weighted by Crippen LogP contribution is -2.25. The Morgan fingerprint density at radius 2 is 1.08 bits per heavy atom. The average Bonchev–Trinajstić information content (AvgIpc) is 3.62. The van der Waals surface area contributed by atoms with Crippen LogP contribution >= 0.6 is 0 Å². The van der Waals surface area contributed by atoms with E-state index in [2.05, 4.69) is 245 Å². The summed E-state index contributed by atoms with van der Waals surface area (Å²) < 4.78 is 2.42. The van der Waals surface area contributed by atoms with Gasteiger partial charge in [-0.1, -0.05) is 175 Å². The molecule has 0 spiro atoms. The molecule has 0 amide bonds. The van der Waals surface area contributed by atoms with Gasteiger partial charge in [-0.3, -0.25) is 0 Å². The Hall–Kier alpha value is -6.38. The standard InChI is InChI=1S/C59H58N2/c1-7-59(5,6)41-55(58(2,3)4)46-25-23-44(24-26-46)47-31-37-56-53(39-47)54-40-48(32-38-57(54)61(56)50-21-15-10-16-22-50)45-29-35-52(36-30-45)60(49-19-13-9-14-20-49)51-33-27-43(28-34-51)42-17-11-8-12-18-42/h8-27,29-40,43,55H,7,28,41H2,1-6H3. The number of hydrogen-bond donors (Lipinski definition) is 0. The summed E-state index contributed by atoms with van der Waals surface area (Å²) in [6.07, 6.45) is 10.4. The number of nitrogens with zero attached hydrogens (tertiary/aromatic N) is 2. The zero-order valence-electron chi connectivity index (χ0n) is 36.6. The summed E-state index contributed by atoms with van der Waals surface area (Å²) in [5.41, 5.74) is 15.3. The Morgan fingerprint density at radius 3 is 1.61 bits per heavy atom. The van der Waals surface area contributed by atoms with E-state index < -0.39 is 0 Å². The molecule has 2 heteroatoms. The summed E-state index contributed by atoms with van der Waals surface area (Å²) in [6.45, 7) is 14.3. The van der Waals surface area contributed by atoms with Gasteiger partial charge >= 0.3 is 0 Å². The fourth-order valence-electron chi connectivity index (χ4n) is 9.32. The lowest BCUT2D eigenvalue weighted by atomic mass is 9.68. The molecule has 1 heterocycles. The van der Waals surface area contributed by atoms with E-state index in [1.165, 1.54) is 79.4 Å². The molecule has 0 fully saturated rings.